The largest absolute Gasteiger partial charge is 0.497 e. The summed E-state index contributed by atoms with van der Waals surface area (Å²) in [5, 5.41) is 0. The van der Waals surface area contributed by atoms with Gasteiger partial charge in [0, 0.05) is 12.5 Å². The minimum absolute atomic E-state index is 0.865. The Labute approximate surface area is 125 Å². The van der Waals surface area contributed by atoms with Gasteiger partial charge in [-0.2, -0.15) is 0 Å². The van der Waals surface area contributed by atoms with E-state index in [4.69, 9.17) is 9.72 Å². The molecule has 0 aliphatic rings. The van der Waals surface area contributed by atoms with Gasteiger partial charge in [-0.3, -0.25) is 4.57 Å². The van der Waals surface area contributed by atoms with Crippen molar-refractivity contribution in [3.63, 3.8) is 0 Å². The van der Waals surface area contributed by atoms with Gasteiger partial charge >= 0.3 is 0 Å². The first-order valence-corrected chi connectivity index (χ1v) is 7.35. The lowest BCUT2D eigenvalue weighted by molar-refractivity contribution is 0.414. The average molecular weight is 280 g/mol. The van der Waals surface area contributed by atoms with Crippen LogP contribution in [-0.2, 0) is 6.42 Å². The van der Waals surface area contributed by atoms with Crippen LogP contribution in [-0.4, -0.2) is 16.7 Å². The zero-order valence-electron chi connectivity index (χ0n) is 12.8. The molecule has 0 aliphatic carbocycles. The van der Waals surface area contributed by atoms with Gasteiger partial charge in [0.05, 0.1) is 23.8 Å². The average Bonchev–Trinajstić information content (AvgIpc) is 2.84. The lowest BCUT2D eigenvalue weighted by Crippen LogP contribution is -2.01. The Balaban J connectivity index is 2.25. The van der Waals surface area contributed by atoms with E-state index >= 15 is 0 Å². The van der Waals surface area contributed by atoms with Crippen LogP contribution in [0.1, 0.15) is 24.7 Å². The molecule has 3 aromatic rings. The molecule has 0 bridgehead atoms. The minimum atomic E-state index is 0.865. The molecule has 1 aromatic heterocycles. The standard InChI is InChI=1S/C18H20N2O/c1-4-6-18-19-16-11-13(2)9-10-17(16)20(18)14-7-5-8-15(12-14)21-3/h5,7-12H,4,6H2,1-3H3. The highest BCUT2D eigenvalue weighted by Crippen LogP contribution is 2.25. The summed E-state index contributed by atoms with van der Waals surface area (Å²) in [6.45, 7) is 4.28. The maximum absolute atomic E-state index is 5.35. The summed E-state index contributed by atoms with van der Waals surface area (Å²) >= 11 is 0. The summed E-state index contributed by atoms with van der Waals surface area (Å²) in [5.41, 5.74) is 4.54. The number of rotatable bonds is 4. The van der Waals surface area contributed by atoms with Gasteiger partial charge < -0.3 is 4.74 Å². The lowest BCUT2D eigenvalue weighted by atomic mass is 10.2. The van der Waals surface area contributed by atoms with Crippen molar-refractivity contribution in [2.24, 2.45) is 0 Å². The fourth-order valence-electron chi connectivity index (χ4n) is 2.67. The van der Waals surface area contributed by atoms with E-state index in [0.717, 1.165) is 41.1 Å². The molecule has 21 heavy (non-hydrogen) atoms. The number of ether oxygens (including phenoxy) is 1. The number of aryl methyl sites for hydroxylation is 2. The normalized spacial score (nSPS) is 11.0. The number of nitrogens with zero attached hydrogens (tertiary/aromatic N) is 2. The van der Waals surface area contributed by atoms with E-state index in [1.165, 1.54) is 5.56 Å². The lowest BCUT2D eigenvalue weighted by Gasteiger charge is -2.10. The summed E-state index contributed by atoms with van der Waals surface area (Å²) in [6, 6.07) is 14.6. The number of hydrogen-bond acceptors (Lipinski definition) is 2. The minimum Gasteiger partial charge on any atom is -0.497 e. The third kappa shape index (κ3) is 2.51. The zero-order chi connectivity index (χ0) is 14.8. The molecule has 0 amide bonds. The van der Waals surface area contributed by atoms with E-state index in [9.17, 15) is 0 Å². The summed E-state index contributed by atoms with van der Waals surface area (Å²) in [7, 11) is 1.70. The smallest absolute Gasteiger partial charge is 0.120 e. The molecule has 3 heteroatoms. The molecule has 2 aromatic carbocycles. The molecule has 108 valence electrons. The van der Waals surface area contributed by atoms with Crippen LogP contribution in [0.25, 0.3) is 16.7 Å². The molecular formula is C18H20N2O. The molecule has 3 rings (SSSR count). The molecule has 1 heterocycles. The Morgan fingerprint density at radius 3 is 2.76 bits per heavy atom. The second-order valence-corrected chi connectivity index (χ2v) is 5.31. The van der Waals surface area contributed by atoms with Gasteiger partial charge in [-0.1, -0.05) is 19.1 Å². The van der Waals surface area contributed by atoms with E-state index in [2.05, 4.69) is 48.7 Å². The number of methoxy groups -OCH3 is 1. The fourth-order valence-corrected chi connectivity index (χ4v) is 2.67. The number of benzene rings is 2. The highest BCUT2D eigenvalue weighted by molar-refractivity contribution is 5.79. The van der Waals surface area contributed by atoms with E-state index in [1.807, 2.05) is 12.1 Å². The molecule has 0 fully saturated rings. The van der Waals surface area contributed by atoms with Crippen molar-refractivity contribution >= 4 is 11.0 Å². The topological polar surface area (TPSA) is 27.1 Å². The van der Waals surface area contributed by atoms with Crippen molar-refractivity contribution in [3.8, 4) is 11.4 Å². The molecule has 0 radical (unpaired) electrons. The van der Waals surface area contributed by atoms with Gasteiger partial charge in [-0.15, -0.1) is 0 Å². The van der Waals surface area contributed by atoms with Crippen molar-refractivity contribution in [2.45, 2.75) is 26.7 Å². The van der Waals surface area contributed by atoms with E-state index in [-0.39, 0.29) is 0 Å². The summed E-state index contributed by atoms with van der Waals surface area (Å²) < 4.78 is 7.59. The first-order valence-electron chi connectivity index (χ1n) is 7.35. The highest BCUT2D eigenvalue weighted by Gasteiger charge is 2.12. The summed E-state index contributed by atoms with van der Waals surface area (Å²) in [4.78, 5) is 4.82. The quantitative estimate of drug-likeness (QED) is 0.712. The van der Waals surface area contributed by atoms with Gasteiger partial charge in [0.25, 0.3) is 0 Å². The van der Waals surface area contributed by atoms with Gasteiger partial charge in [-0.25, -0.2) is 4.98 Å². The van der Waals surface area contributed by atoms with Crippen LogP contribution in [0.3, 0.4) is 0 Å². The Morgan fingerprint density at radius 1 is 1.14 bits per heavy atom. The molecule has 3 nitrogen and oxygen atoms in total. The predicted octanol–water partition coefficient (Wildman–Crippen LogP) is 4.30. The number of imidazole rings is 1. The third-order valence-electron chi connectivity index (χ3n) is 3.66. The predicted molar refractivity (Wildman–Crippen MR) is 86.4 cm³/mol. The Hall–Kier alpha value is -2.29. The molecular weight excluding hydrogens is 260 g/mol. The van der Waals surface area contributed by atoms with Gasteiger partial charge in [0.15, 0.2) is 0 Å². The maximum Gasteiger partial charge on any atom is 0.120 e. The van der Waals surface area contributed by atoms with Crippen molar-refractivity contribution in [1.82, 2.24) is 9.55 Å². The molecule has 0 saturated carbocycles. The van der Waals surface area contributed by atoms with Crippen LogP contribution < -0.4 is 4.74 Å². The van der Waals surface area contributed by atoms with Gasteiger partial charge in [-0.05, 0) is 43.2 Å². The number of hydrogen-bond donors (Lipinski definition) is 0. The Morgan fingerprint density at radius 2 is 2.00 bits per heavy atom. The molecule has 0 aliphatic heterocycles. The van der Waals surface area contributed by atoms with Crippen molar-refractivity contribution in [1.29, 1.82) is 0 Å². The van der Waals surface area contributed by atoms with Crippen molar-refractivity contribution < 1.29 is 4.74 Å². The molecule has 0 unspecified atom stereocenters. The Bertz CT molecular complexity index is 774. The van der Waals surface area contributed by atoms with Crippen LogP contribution in [0.4, 0.5) is 0 Å². The Kier molecular flexibility index (Phi) is 3.65. The number of aromatic nitrogens is 2. The molecule has 0 spiro atoms. The van der Waals surface area contributed by atoms with Crippen LogP contribution in [0.15, 0.2) is 42.5 Å². The second-order valence-electron chi connectivity index (χ2n) is 5.31. The summed E-state index contributed by atoms with van der Waals surface area (Å²) in [5.74, 6) is 1.97. The fraction of sp³-hybridized carbons (Fsp3) is 0.278. The maximum atomic E-state index is 5.35. The van der Waals surface area contributed by atoms with Crippen LogP contribution in [0.2, 0.25) is 0 Å². The number of fused-ring (bicyclic) bond motifs is 1. The van der Waals surface area contributed by atoms with Crippen LogP contribution in [0, 0.1) is 6.92 Å². The van der Waals surface area contributed by atoms with Crippen LogP contribution >= 0.6 is 0 Å². The van der Waals surface area contributed by atoms with Crippen molar-refractivity contribution in [3.05, 3.63) is 53.9 Å². The van der Waals surface area contributed by atoms with Gasteiger partial charge in [0.2, 0.25) is 0 Å². The van der Waals surface area contributed by atoms with Crippen molar-refractivity contribution in [2.75, 3.05) is 7.11 Å². The SMILES string of the molecule is CCCc1nc2cc(C)ccc2n1-c1cccc(OC)c1. The molecule has 0 atom stereocenters. The van der Waals surface area contributed by atoms with E-state index in [0.29, 0.717) is 0 Å². The second kappa shape index (κ2) is 5.60. The third-order valence-corrected chi connectivity index (χ3v) is 3.66. The first-order chi connectivity index (χ1) is 10.2. The van der Waals surface area contributed by atoms with Crippen LogP contribution in [0.5, 0.6) is 5.75 Å². The highest BCUT2D eigenvalue weighted by atomic mass is 16.5. The van der Waals surface area contributed by atoms with E-state index in [1.54, 1.807) is 7.11 Å². The van der Waals surface area contributed by atoms with E-state index < -0.39 is 0 Å². The van der Waals surface area contributed by atoms with Gasteiger partial charge in [0.1, 0.15) is 11.6 Å². The molecule has 0 N–H and O–H groups in total. The molecule has 0 saturated heterocycles. The zero-order valence-corrected chi connectivity index (χ0v) is 12.8. The monoisotopic (exact) mass is 280 g/mol. The first kappa shape index (κ1) is 13.7. The summed E-state index contributed by atoms with van der Waals surface area (Å²) in [6.07, 6.45) is 2.04.